The zero-order valence-corrected chi connectivity index (χ0v) is 12.2. The van der Waals surface area contributed by atoms with Crippen LogP contribution in [0.1, 0.15) is 36.3 Å². The number of hydrogen-bond donors (Lipinski definition) is 1. The molecule has 1 N–H and O–H groups in total. The average Bonchev–Trinajstić information content (AvgIpc) is 2.91. The van der Waals surface area contributed by atoms with Crippen LogP contribution < -0.4 is 5.32 Å². The molecule has 0 spiro atoms. The first-order valence-electron chi connectivity index (χ1n) is 6.85. The molecule has 0 aliphatic heterocycles. The van der Waals surface area contributed by atoms with Gasteiger partial charge in [0.2, 0.25) is 0 Å². The van der Waals surface area contributed by atoms with E-state index in [-0.39, 0.29) is 0 Å². The number of nitrogens with one attached hydrogen (secondary N) is 1. The van der Waals surface area contributed by atoms with Crippen molar-refractivity contribution in [2.24, 2.45) is 0 Å². The highest BCUT2D eigenvalue weighted by molar-refractivity contribution is 5.64. The van der Waals surface area contributed by atoms with Crippen LogP contribution in [0.5, 0.6) is 0 Å². The predicted molar refractivity (Wildman–Crippen MR) is 75.3 cm³/mol. The minimum absolute atomic E-state index is 0.797. The summed E-state index contributed by atoms with van der Waals surface area (Å²) in [4.78, 5) is 4.35. The fourth-order valence-corrected chi connectivity index (χ4v) is 2.24. The van der Waals surface area contributed by atoms with Crippen molar-refractivity contribution < 1.29 is 8.83 Å². The van der Waals surface area contributed by atoms with Crippen molar-refractivity contribution in [3.8, 4) is 11.3 Å². The molecular weight excluding hydrogens is 240 g/mol. The maximum atomic E-state index is 5.83. The Labute approximate surface area is 114 Å². The van der Waals surface area contributed by atoms with Crippen molar-refractivity contribution in [1.82, 2.24) is 10.3 Å². The Morgan fingerprint density at radius 3 is 2.58 bits per heavy atom. The first-order chi connectivity index (χ1) is 9.13. The van der Waals surface area contributed by atoms with Crippen molar-refractivity contribution in [1.29, 1.82) is 0 Å². The molecule has 0 aliphatic carbocycles. The van der Waals surface area contributed by atoms with Crippen LogP contribution in [-0.2, 0) is 6.42 Å². The van der Waals surface area contributed by atoms with E-state index >= 15 is 0 Å². The second kappa shape index (κ2) is 6.06. The summed E-state index contributed by atoms with van der Waals surface area (Å²) in [6.45, 7) is 10.1. The highest BCUT2D eigenvalue weighted by Gasteiger charge is 2.17. The van der Waals surface area contributed by atoms with E-state index < -0.39 is 0 Å². The lowest BCUT2D eigenvalue weighted by Crippen LogP contribution is -2.14. The molecule has 0 fully saturated rings. The molecule has 19 heavy (non-hydrogen) atoms. The number of aryl methyl sites for hydroxylation is 3. The molecule has 2 rings (SSSR count). The van der Waals surface area contributed by atoms with Gasteiger partial charge in [-0.2, -0.15) is 0 Å². The van der Waals surface area contributed by atoms with Gasteiger partial charge in [0.15, 0.2) is 11.7 Å². The van der Waals surface area contributed by atoms with Crippen LogP contribution in [0.25, 0.3) is 11.3 Å². The molecule has 104 valence electrons. The van der Waals surface area contributed by atoms with Crippen molar-refractivity contribution in [2.45, 2.75) is 40.5 Å². The van der Waals surface area contributed by atoms with Crippen molar-refractivity contribution in [3.05, 3.63) is 29.2 Å². The molecular formula is C15H22N2O2. The molecule has 0 amide bonds. The van der Waals surface area contributed by atoms with Gasteiger partial charge < -0.3 is 14.2 Å². The van der Waals surface area contributed by atoms with Crippen LogP contribution in [0.3, 0.4) is 0 Å². The standard InChI is InChI=1S/C15H22N2O2/c1-5-16-8-6-7-14-17-9-13(19-14)15-10(2)11(3)18-12(15)4/h9,16H,5-8H2,1-4H3. The van der Waals surface area contributed by atoms with E-state index in [1.165, 1.54) is 0 Å². The van der Waals surface area contributed by atoms with Crippen LogP contribution in [0.4, 0.5) is 0 Å². The van der Waals surface area contributed by atoms with E-state index in [0.717, 1.165) is 60.2 Å². The lowest BCUT2D eigenvalue weighted by molar-refractivity contribution is 0.486. The number of nitrogens with zero attached hydrogens (tertiary/aromatic N) is 1. The number of rotatable bonds is 6. The third kappa shape index (κ3) is 3.07. The number of hydrogen-bond acceptors (Lipinski definition) is 4. The topological polar surface area (TPSA) is 51.2 Å². The SMILES string of the molecule is CCNCCCc1ncc(-c2c(C)oc(C)c2C)o1. The van der Waals surface area contributed by atoms with Crippen LogP contribution in [0.2, 0.25) is 0 Å². The van der Waals surface area contributed by atoms with Crippen LogP contribution in [0, 0.1) is 20.8 Å². The molecule has 0 saturated heterocycles. The molecule has 0 atom stereocenters. The molecule has 2 heterocycles. The largest absolute Gasteiger partial charge is 0.466 e. The van der Waals surface area contributed by atoms with E-state index in [2.05, 4.69) is 24.1 Å². The Kier molecular flexibility index (Phi) is 4.43. The summed E-state index contributed by atoms with van der Waals surface area (Å²) in [6.07, 6.45) is 3.70. The van der Waals surface area contributed by atoms with Crippen LogP contribution in [-0.4, -0.2) is 18.1 Å². The maximum Gasteiger partial charge on any atom is 0.194 e. The van der Waals surface area contributed by atoms with Gasteiger partial charge in [0.05, 0.1) is 11.8 Å². The highest BCUT2D eigenvalue weighted by Crippen LogP contribution is 2.31. The van der Waals surface area contributed by atoms with Gasteiger partial charge in [0, 0.05) is 12.0 Å². The quantitative estimate of drug-likeness (QED) is 0.811. The second-order valence-corrected chi connectivity index (χ2v) is 4.79. The lowest BCUT2D eigenvalue weighted by Gasteiger charge is -1.99. The van der Waals surface area contributed by atoms with E-state index in [0.29, 0.717) is 0 Å². The number of aromatic nitrogens is 1. The average molecular weight is 262 g/mol. The fraction of sp³-hybridized carbons (Fsp3) is 0.533. The molecule has 0 bridgehead atoms. The molecule has 2 aromatic heterocycles. The Morgan fingerprint density at radius 1 is 1.16 bits per heavy atom. The van der Waals surface area contributed by atoms with Gasteiger partial charge in [-0.3, -0.25) is 0 Å². The smallest absolute Gasteiger partial charge is 0.194 e. The summed E-state index contributed by atoms with van der Waals surface area (Å²) < 4.78 is 11.5. The van der Waals surface area contributed by atoms with Crippen molar-refractivity contribution in [2.75, 3.05) is 13.1 Å². The van der Waals surface area contributed by atoms with Crippen LogP contribution in [0.15, 0.2) is 15.0 Å². The molecule has 4 heteroatoms. The summed E-state index contributed by atoms with van der Waals surface area (Å²) in [5.41, 5.74) is 2.18. The van der Waals surface area contributed by atoms with E-state index in [1.807, 2.05) is 13.8 Å². The fourth-order valence-electron chi connectivity index (χ4n) is 2.24. The van der Waals surface area contributed by atoms with Gasteiger partial charge in [-0.05, 0) is 40.3 Å². The van der Waals surface area contributed by atoms with Gasteiger partial charge in [-0.1, -0.05) is 6.92 Å². The predicted octanol–water partition coefficient (Wildman–Crippen LogP) is 3.40. The van der Waals surface area contributed by atoms with E-state index in [9.17, 15) is 0 Å². The normalized spacial score (nSPS) is 11.2. The molecule has 4 nitrogen and oxygen atoms in total. The zero-order chi connectivity index (χ0) is 13.8. The maximum absolute atomic E-state index is 5.83. The molecule has 2 aromatic rings. The summed E-state index contributed by atoms with van der Waals surface area (Å²) >= 11 is 0. The lowest BCUT2D eigenvalue weighted by atomic mass is 10.1. The molecule has 0 saturated carbocycles. The summed E-state index contributed by atoms with van der Waals surface area (Å²) in [5.74, 6) is 3.44. The third-order valence-electron chi connectivity index (χ3n) is 3.36. The number of oxazole rings is 1. The van der Waals surface area contributed by atoms with Gasteiger partial charge in [-0.25, -0.2) is 4.98 Å². The van der Waals surface area contributed by atoms with Gasteiger partial charge in [0.25, 0.3) is 0 Å². The highest BCUT2D eigenvalue weighted by atomic mass is 16.4. The Bertz CT molecular complexity index is 540. The van der Waals surface area contributed by atoms with Gasteiger partial charge in [-0.15, -0.1) is 0 Å². The molecule has 0 aromatic carbocycles. The minimum Gasteiger partial charge on any atom is -0.466 e. The monoisotopic (exact) mass is 262 g/mol. The molecule has 0 unspecified atom stereocenters. The van der Waals surface area contributed by atoms with Gasteiger partial charge >= 0.3 is 0 Å². The zero-order valence-electron chi connectivity index (χ0n) is 12.2. The van der Waals surface area contributed by atoms with Crippen molar-refractivity contribution >= 4 is 0 Å². The van der Waals surface area contributed by atoms with E-state index in [1.54, 1.807) is 6.20 Å². The Balaban J connectivity index is 2.08. The molecule has 0 radical (unpaired) electrons. The summed E-state index contributed by atoms with van der Waals surface area (Å²) in [6, 6.07) is 0. The third-order valence-corrected chi connectivity index (χ3v) is 3.36. The molecule has 0 aliphatic rings. The van der Waals surface area contributed by atoms with Crippen molar-refractivity contribution in [3.63, 3.8) is 0 Å². The second-order valence-electron chi connectivity index (χ2n) is 4.79. The van der Waals surface area contributed by atoms with Crippen LogP contribution >= 0.6 is 0 Å². The van der Waals surface area contributed by atoms with E-state index in [4.69, 9.17) is 8.83 Å². The first-order valence-corrected chi connectivity index (χ1v) is 6.85. The van der Waals surface area contributed by atoms with Gasteiger partial charge in [0.1, 0.15) is 11.5 Å². The Hall–Kier alpha value is -1.55. The summed E-state index contributed by atoms with van der Waals surface area (Å²) in [5, 5.41) is 3.29. The first kappa shape index (κ1) is 13.9. The minimum atomic E-state index is 0.797. The number of furan rings is 1. The Morgan fingerprint density at radius 2 is 1.95 bits per heavy atom. The summed E-state index contributed by atoms with van der Waals surface area (Å²) in [7, 11) is 0.